The summed E-state index contributed by atoms with van der Waals surface area (Å²) in [6.07, 6.45) is 0. The molecule has 0 heterocycles. The van der Waals surface area contributed by atoms with Crippen LogP contribution in [-0.2, 0) is 5.41 Å². The molecular weight excluding hydrogens is 384 g/mol. The van der Waals surface area contributed by atoms with Crippen LogP contribution in [0.15, 0.2) is 72.8 Å². The summed E-state index contributed by atoms with van der Waals surface area (Å²) in [7, 11) is 0. The van der Waals surface area contributed by atoms with Gasteiger partial charge in [0.1, 0.15) is 0 Å². The highest BCUT2D eigenvalue weighted by Gasteiger charge is 2.14. The molecule has 2 N–H and O–H groups in total. The second-order valence-electron chi connectivity index (χ2n) is 7.79. The Balaban J connectivity index is 1.64. The van der Waals surface area contributed by atoms with Crippen molar-refractivity contribution in [2.24, 2.45) is 0 Å². The molecule has 3 aromatic rings. The lowest BCUT2D eigenvalue weighted by Gasteiger charge is -2.19. The van der Waals surface area contributed by atoms with E-state index in [1.807, 2.05) is 24.3 Å². The van der Waals surface area contributed by atoms with Crippen LogP contribution < -0.4 is 10.6 Å². The van der Waals surface area contributed by atoms with E-state index in [9.17, 15) is 9.59 Å². The van der Waals surface area contributed by atoms with E-state index in [1.54, 1.807) is 48.5 Å². The molecule has 0 spiro atoms. The van der Waals surface area contributed by atoms with E-state index in [4.69, 9.17) is 11.6 Å². The molecule has 0 aliphatic heterocycles. The maximum absolute atomic E-state index is 12.5. The van der Waals surface area contributed by atoms with Gasteiger partial charge in [-0.05, 0) is 59.5 Å². The number of hydrogen-bond donors (Lipinski definition) is 2. The van der Waals surface area contributed by atoms with E-state index in [1.165, 1.54) is 5.56 Å². The fourth-order valence-electron chi connectivity index (χ4n) is 2.81. The van der Waals surface area contributed by atoms with E-state index in [-0.39, 0.29) is 17.2 Å². The first-order valence-corrected chi connectivity index (χ1v) is 9.70. The lowest BCUT2D eigenvalue weighted by molar-refractivity contribution is 0.101. The summed E-state index contributed by atoms with van der Waals surface area (Å²) in [6.45, 7) is 6.40. The molecule has 0 aliphatic rings. The van der Waals surface area contributed by atoms with Crippen LogP contribution in [-0.4, -0.2) is 11.8 Å². The lowest BCUT2D eigenvalue weighted by Crippen LogP contribution is -2.14. The van der Waals surface area contributed by atoms with Crippen LogP contribution >= 0.6 is 11.6 Å². The van der Waals surface area contributed by atoms with Gasteiger partial charge in [-0.2, -0.15) is 0 Å². The van der Waals surface area contributed by atoms with Gasteiger partial charge < -0.3 is 10.6 Å². The molecule has 0 radical (unpaired) electrons. The van der Waals surface area contributed by atoms with Gasteiger partial charge in [0, 0.05) is 16.9 Å². The number of carbonyl (C=O) groups excluding carboxylic acids is 2. The van der Waals surface area contributed by atoms with E-state index < -0.39 is 0 Å². The number of hydrogen-bond acceptors (Lipinski definition) is 2. The topological polar surface area (TPSA) is 58.2 Å². The second-order valence-corrected chi connectivity index (χ2v) is 8.20. The number of halogens is 1. The van der Waals surface area contributed by atoms with E-state index in [0.29, 0.717) is 27.5 Å². The maximum atomic E-state index is 12.5. The Morgan fingerprint density at radius 1 is 0.724 bits per heavy atom. The molecule has 0 saturated carbocycles. The Morgan fingerprint density at radius 3 is 1.76 bits per heavy atom. The van der Waals surface area contributed by atoms with Crippen molar-refractivity contribution in [3.63, 3.8) is 0 Å². The Hall–Kier alpha value is -3.11. The standard InChI is InChI=1S/C24H23ClN2O2/c1-24(2,3)17-10-8-16(9-11-17)22(28)26-18-12-14-19(15-13-18)27-23(29)20-6-4-5-7-21(20)25/h4-15H,1-3H3,(H,26,28)(H,27,29). The van der Waals surface area contributed by atoms with E-state index >= 15 is 0 Å². The first-order valence-electron chi connectivity index (χ1n) is 9.32. The molecule has 5 heteroatoms. The number of nitrogens with one attached hydrogen (secondary N) is 2. The van der Waals surface area contributed by atoms with Crippen LogP contribution in [0.1, 0.15) is 47.1 Å². The summed E-state index contributed by atoms with van der Waals surface area (Å²) in [5.41, 5.74) is 3.47. The first kappa shape index (κ1) is 20.6. The predicted molar refractivity (Wildman–Crippen MR) is 119 cm³/mol. The summed E-state index contributed by atoms with van der Waals surface area (Å²) in [6, 6.07) is 21.4. The van der Waals surface area contributed by atoms with Gasteiger partial charge >= 0.3 is 0 Å². The number of carbonyl (C=O) groups is 2. The number of benzene rings is 3. The maximum Gasteiger partial charge on any atom is 0.257 e. The van der Waals surface area contributed by atoms with Crippen LogP contribution in [0.4, 0.5) is 11.4 Å². The van der Waals surface area contributed by atoms with Gasteiger partial charge in [-0.3, -0.25) is 9.59 Å². The zero-order chi connectivity index (χ0) is 21.0. The average Bonchev–Trinajstić information content (AvgIpc) is 2.69. The molecule has 0 unspecified atom stereocenters. The van der Waals surface area contributed by atoms with Crippen molar-refractivity contribution in [3.05, 3.63) is 94.5 Å². The van der Waals surface area contributed by atoms with Gasteiger partial charge in [0.15, 0.2) is 0 Å². The third-order valence-corrected chi connectivity index (χ3v) is 4.86. The summed E-state index contributed by atoms with van der Waals surface area (Å²) in [4.78, 5) is 24.8. The highest BCUT2D eigenvalue weighted by atomic mass is 35.5. The third-order valence-electron chi connectivity index (χ3n) is 4.53. The minimum Gasteiger partial charge on any atom is -0.322 e. The number of amides is 2. The summed E-state index contributed by atoms with van der Waals surface area (Å²) in [5, 5.41) is 6.06. The monoisotopic (exact) mass is 406 g/mol. The van der Waals surface area contributed by atoms with E-state index in [2.05, 4.69) is 31.4 Å². The minimum absolute atomic E-state index is 0.0409. The smallest absolute Gasteiger partial charge is 0.257 e. The largest absolute Gasteiger partial charge is 0.322 e. The summed E-state index contributed by atoms with van der Waals surface area (Å²) < 4.78 is 0. The molecule has 4 nitrogen and oxygen atoms in total. The van der Waals surface area contributed by atoms with Crippen molar-refractivity contribution in [2.45, 2.75) is 26.2 Å². The quantitative estimate of drug-likeness (QED) is 0.546. The van der Waals surface area contributed by atoms with Gasteiger partial charge in [-0.1, -0.05) is 56.6 Å². The van der Waals surface area contributed by atoms with E-state index in [0.717, 1.165) is 0 Å². The second kappa shape index (κ2) is 8.50. The molecule has 0 fully saturated rings. The molecule has 0 saturated heterocycles. The zero-order valence-electron chi connectivity index (χ0n) is 16.6. The van der Waals surface area contributed by atoms with Crippen molar-refractivity contribution in [3.8, 4) is 0 Å². The first-order chi connectivity index (χ1) is 13.7. The Morgan fingerprint density at radius 2 is 1.24 bits per heavy atom. The normalized spacial score (nSPS) is 11.0. The lowest BCUT2D eigenvalue weighted by atomic mass is 9.87. The van der Waals surface area contributed by atoms with Crippen LogP contribution in [0.5, 0.6) is 0 Å². The van der Waals surface area contributed by atoms with Crippen molar-refractivity contribution in [2.75, 3.05) is 10.6 Å². The Bertz CT molecular complexity index is 1020. The van der Waals surface area contributed by atoms with Crippen LogP contribution in [0.2, 0.25) is 5.02 Å². The number of anilines is 2. The minimum atomic E-state index is -0.286. The molecule has 0 atom stereocenters. The predicted octanol–water partition coefficient (Wildman–Crippen LogP) is 6.14. The van der Waals surface area contributed by atoms with Crippen molar-refractivity contribution < 1.29 is 9.59 Å². The van der Waals surface area contributed by atoms with Crippen molar-refractivity contribution in [1.29, 1.82) is 0 Å². The summed E-state index contributed by atoms with van der Waals surface area (Å²) in [5.74, 6) is -0.468. The molecule has 3 rings (SSSR count). The molecule has 3 aromatic carbocycles. The molecule has 2 amide bonds. The SMILES string of the molecule is CC(C)(C)c1ccc(C(=O)Nc2ccc(NC(=O)c3ccccc3Cl)cc2)cc1. The molecule has 0 aromatic heterocycles. The van der Waals surface area contributed by atoms with Gasteiger partial charge in [0.25, 0.3) is 11.8 Å². The average molecular weight is 407 g/mol. The van der Waals surface area contributed by atoms with Crippen LogP contribution in [0.25, 0.3) is 0 Å². The van der Waals surface area contributed by atoms with Gasteiger partial charge in [0.05, 0.1) is 10.6 Å². The Kier molecular flexibility index (Phi) is 6.04. The van der Waals surface area contributed by atoms with Gasteiger partial charge in [0.2, 0.25) is 0 Å². The van der Waals surface area contributed by atoms with Crippen LogP contribution in [0, 0.1) is 0 Å². The highest BCUT2D eigenvalue weighted by molar-refractivity contribution is 6.34. The molecule has 0 aliphatic carbocycles. The van der Waals surface area contributed by atoms with Crippen molar-refractivity contribution in [1.82, 2.24) is 0 Å². The molecule has 0 bridgehead atoms. The fraction of sp³-hybridized carbons (Fsp3) is 0.167. The molecule has 148 valence electrons. The van der Waals surface area contributed by atoms with Gasteiger partial charge in [-0.25, -0.2) is 0 Å². The highest BCUT2D eigenvalue weighted by Crippen LogP contribution is 2.23. The number of rotatable bonds is 4. The molecular formula is C24H23ClN2O2. The fourth-order valence-corrected chi connectivity index (χ4v) is 3.03. The summed E-state index contributed by atoms with van der Waals surface area (Å²) >= 11 is 6.05. The van der Waals surface area contributed by atoms with Gasteiger partial charge in [-0.15, -0.1) is 0 Å². The van der Waals surface area contributed by atoms with Crippen molar-refractivity contribution >= 4 is 34.8 Å². The Labute approximate surface area is 175 Å². The molecule has 29 heavy (non-hydrogen) atoms. The zero-order valence-corrected chi connectivity index (χ0v) is 17.4. The third kappa shape index (κ3) is 5.24. The van der Waals surface area contributed by atoms with Crippen LogP contribution in [0.3, 0.4) is 0 Å².